The van der Waals surface area contributed by atoms with Crippen LogP contribution in [0.4, 0.5) is 4.79 Å². The molecule has 1 atom stereocenters. The number of sulfonamides is 1. The number of nitrogens with two attached hydrogens (primary N) is 1. The van der Waals surface area contributed by atoms with Crippen molar-refractivity contribution in [2.75, 3.05) is 0 Å². The molecule has 0 fully saturated rings. The van der Waals surface area contributed by atoms with E-state index in [2.05, 4.69) is 15.6 Å². The molecular formula is C20H23N5O4S2. The van der Waals surface area contributed by atoms with Crippen LogP contribution >= 0.6 is 11.8 Å². The van der Waals surface area contributed by atoms with E-state index in [9.17, 15) is 18.0 Å². The van der Waals surface area contributed by atoms with Gasteiger partial charge in [-0.05, 0) is 37.6 Å². The molecule has 0 aliphatic heterocycles. The fourth-order valence-electron chi connectivity index (χ4n) is 2.91. The number of primary sulfonamides is 1. The molecule has 0 radical (unpaired) electrons. The number of rotatable bonds is 7. The van der Waals surface area contributed by atoms with Crippen molar-refractivity contribution < 1.29 is 18.0 Å². The number of aryl methyl sites for hydroxylation is 1. The van der Waals surface area contributed by atoms with Crippen molar-refractivity contribution in [1.82, 2.24) is 20.2 Å². The van der Waals surface area contributed by atoms with Crippen LogP contribution in [0.3, 0.4) is 0 Å². The van der Waals surface area contributed by atoms with Gasteiger partial charge >= 0.3 is 6.03 Å². The Kier molecular flexibility index (Phi) is 6.98. The molecule has 0 bridgehead atoms. The molecule has 3 rings (SSSR count). The van der Waals surface area contributed by atoms with E-state index in [4.69, 9.17) is 5.14 Å². The van der Waals surface area contributed by atoms with Crippen molar-refractivity contribution in [2.24, 2.45) is 5.14 Å². The molecule has 0 aliphatic rings. The number of fused-ring (bicyclic) bond motifs is 1. The van der Waals surface area contributed by atoms with Gasteiger partial charge in [0.25, 0.3) is 0 Å². The van der Waals surface area contributed by atoms with Crippen LogP contribution in [0.2, 0.25) is 0 Å². The predicted octanol–water partition coefficient (Wildman–Crippen LogP) is 2.21. The van der Waals surface area contributed by atoms with Crippen LogP contribution in [0.25, 0.3) is 11.0 Å². The smallest absolute Gasteiger partial charge is 0.321 e. The van der Waals surface area contributed by atoms with Crippen LogP contribution in [0, 0.1) is 0 Å². The van der Waals surface area contributed by atoms with Gasteiger partial charge in [0.1, 0.15) is 0 Å². The largest absolute Gasteiger partial charge is 0.334 e. The minimum absolute atomic E-state index is 0.0295. The summed E-state index contributed by atoms with van der Waals surface area (Å²) in [7, 11) is -3.84. The molecule has 3 aromatic rings. The molecule has 9 nitrogen and oxygen atoms in total. The minimum atomic E-state index is -3.84. The van der Waals surface area contributed by atoms with Crippen LogP contribution in [-0.4, -0.2) is 35.2 Å². The van der Waals surface area contributed by atoms with Crippen LogP contribution in [-0.2, 0) is 27.9 Å². The van der Waals surface area contributed by atoms with Gasteiger partial charge in [0, 0.05) is 13.1 Å². The van der Waals surface area contributed by atoms with Crippen molar-refractivity contribution in [1.29, 1.82) is 0 Å². The molecule has 1 heterocycles. The lowest BCUT2D eigenvalue weighted by Crippen LogP contribution is -2.42. The standard InChI is InChI=1S/C20H23N5O4S2/c1-3-25-17-10-9-15(31(21,28)29)11-16(17)23-20(25)30-13(2)18(26)24-19(27)22-12-14-7-5-4-6-8-14/h4-11,13H,3,12H2,1-2H3,(H2,21,28,29)(H2,22,24,26,27). The Balaban J connectivity index is 1.67. The fraction of sp³-hybridized carbons (Fsp3) is 0.250. The Labute approximate surface area is 184 Å². The number of nitrogens with one attached hydrogen (secondary N) is 2. The first-order valence-corrected chi connectivity index (χ1v) is 11.9. The summed E-state index contributed by atoms with van der Waals surface area (Å²) < 4.78 is 25.1. The maximum absolute atomic E-state index is 12.4. The third kappa shape index (κ3) is 5.63. The zero-order valence-electron chi connectivity index (χ0n) is 17.0. The SMILES string of the molecule is CCn1c(SC(C)C(=O)NC(=O)NCc2ccccc2)nc2cc(S(N)(=O)=O)ccc21. The highest BCUT2D eigenvalue weighted by Crippen LogP contribution is 2.28. The van der Waals surface area contributed by atoms with E-state index in [1.165, 1.54) is 23.9 Å². The second-order valence-electron chi connectivity index (χ2n) is 6.75. The van der Waals surface area contributed by atoms with Gasteiger partial charge in [0.15, 0.2) is 5.16 Å². The van der Waals surface area contributed by atoms with Crippen LogP contribution < -0.4 is 15.8 Å². The van der Waals surface area contributed by atoms with E-state index in [0.717, 1.165) is 11.1 Å². The normalized spacial score (nSPS) is 12.5. The number of urea groups is 1. The highest BCUT2D eigenvalue weighted by molar-refractivity contribution is 8.00. The highest BCUT2D eigenvalue weighted by Gasteiger charge is 2.21. The van der Waals surface area contributed by atoms with Gasteiger partial charge in [0.2, 0.25) is 15.9 Å². The van der Waals surface area contributed by atoms with E-state index in [1.54, 1.807) is 13.0 Å². The van der Waals surface area contributed by atoms with Crippen molar-refractivity contribution in [3.8, 4) is 0 Å². The van der Waals surface area contributed by atoms with Gasteiger partial charge in [0.05, 0.1) is 21.2 Å². The topological polar surface area (TPSA) is 136 Å². The molecule has 2 aromatic carbocycles. The van der Waals surface area contributed by atoms with Crippen molar-refractivity contribution in [3.05, 3.63) is 54.1 Å². The molecule has 31 heavy (non-hydrogen) atoms. The lowest BCUT2D eigenvalue weighted by molar-refractivity contribution is -0.119. The minimum Gasteiger partial charge on any atom is -0.334 e. The zero-order chi connectivity index (χ0) is 22.6. The summed E-state index contributed by atoms with van der Waals surface area (Å²) in [6.07, 6.45) is 0. The number of thioether (sulfide) groups is 1. The lowest BCUT2D eigenvalue weighted by Gasteiger charge is -2.12. The number of carbonyl (C=O) groups is 2. The first-order chi connectivity index (χ1) is 14.7. The Morgan fingerprint density at radius 2 is 1.90 bits per heavy atom. The maximum Gasteiger partial charge on any atom is 0.321 e. The molecule has 0 saturated carbocycles. The third-order valence-electron chi connectivity index (χ3n) is 4.51. The molecule has 164 valence electrons. The van der Waals surface area contributed by atoms with E-state index < -0.39 is 27.2 Å². The van der Waals surface area contributed by atoms with Gasteiger partial charge in [-0.2, -0.15) is 0 Å². The molecule has 0 saturated heterocycles. The molecule has 1 unspecified atom stereocenters. The van der Waals surface area contributed by atoms with Crippen LogP contribution in [0.5, 0.6) is 0 Å². The molecule has 1 aromatic heterocycles. The number of amides is 3. The van der Waals surface area contributed by atoms with Crippen LogP contribution in [0.15, 0.2) is 58.6 Å². The van der Waals surface area contributed by atoms with Gasteiger partial charge < -0.3 is 9.88 Å². The average Bonchev–Trinajstić information content (AvgIpc) is 3.08. The Bertz CT molecular complexity index is 1210. The zero-order valence-corrected chi connectivity index (χ0v) is 18.7. The van der Waals surface area contributed by atoms with E-state index in [0.29, 0.717) is 23.8 Å². The number of benzene rings is 2. The van der Waals surface area contributed by atoms with Crippen molar-refractivity contribution in [3.63, 3.8) is 0 Å². The number of carbonyl (C=O) groups excluding carboxylic acids is 2. The number of imide groups is 1. The first-order valence-electron chi connectivity index (χ1n) is 9.51. The highest BCUT2D eigenvalue weighted by atomic mass is 32.2. The third-order valence-corrected chi connectivity index (χ3v) is 6.51. The predicted molar refractivity (Wildman–Crippen MR) is 119 cm³/mol. The summed E-state index contributed by atoms with van der Waals surface area (Å²) in [6, 6.07) is 13.2. The van der Waals surface area contributed by atoms with E-state index >= 15 is 0 Å². The Hall–Kier alpha value is -2.89. The van der Waals surface area contributed by atoms with Crippen molar-refractivity contribution in [2.45, 2.75) is 42.2 Å². The summed E-state index contributed by atoms with van der Waals surface area (Å²) in [6.45, 7) is 4.46. The summed E-state index contributed by atoms with van der Waals surface area (Å²) >= 11 is 1.18. The van der Waals surface area contributed by atoms with Gasteiger partial charge in [-0.25, -0.2) is 23.3 Å². The van der Waals surface area contributed by atoms with Gasteiger partial charge in [-0.15, -0.1) is 0 Å². The molecule has 0 spiro atoms. The van der Waals surface area contributed by atoms with Gasteiger partial charge in [-0.1, -0.05) is 42.1 Å². The Morgan fingerprint density at radius 3 is 2.55 bits per heavy atom. The van der Waals surface area contributed by atoms with Crippen molar-refractivity contribution >= 4 is 44.8 Å². The molecular weight excluding hydrogens is 438 g/mol. The lowest BCUT2D eigenvalue weighted by atomic mass is 10.2. The fourth-order valence-corrected chi connectivity index (χ4v) is 4.43. The van der Waals surface area contributed by atoms with Crippen LogP contribution in [0.1, 0.15) is 19.4 Å². The molecule has 3 amide bonds. The quantitative estimate of drug-likeness (QED) is 0.462. The summed E-state index contributed by atoms with van der Waals surface area (Å²) in [5.74, 6) is -0.463. The summed E-state index contributed by atoms with van der Waals surface area (Å²) in [5, 5.41) is 10.1. The first kappa shape index (κ1) is 22.8. The second kappa shape index (κ2) is 9.50. The molecule has 0 aliphatic carbocycles. The number of nitrogens with zero attached hydrogens (tertiary/aromatic N) is 2. The molecule has 11 heteroatoms. The number of hydrogen-bond donors (Lipinski definition) is 3. The van der Waals surface area contributed by atoms with E-state index in [-0.39, 0.29) is 4.90 Å². The Morgan fingerprint density at radius 1 is 1.19 bits per heavy atom. The van der Waals surface area contributed by atoms with Gasteiger partial charge in [-0.3, -0.25) is 10.1 Å². The average molecular weight is 462 g/mol. The number of hydrogen-bond acceptors (Lipinski definition) is 6. The maximum atomic E-state index is 12.4. The number of imidazole rings is 1. The monoisotopic (exact) mass is 461 g/mol. The molecule has 4 N–H and O–H groups in total. The van der Waals surface area contributed by atoms with E-state index in [1.807, 2.05) is 41.8 Å². The second-order valence-corrected chi connectivity index (χ2v) is 9.62. The summed E-state index contributed by atoms with van der Waals surface area (Å²) in [5.41, 5.74) is 2.11. The summed E-state index contributed by atoms with van der Waals surface area (Å²) in [4.78, 5) is 28.9. The number of aromatic nitrogens is 2.